The summed E-state index contributed by atoms with van der Waals surface area (Å²) in [4.78, 5) is 11.3. The standard InChI is InChI=1S/C13H20N2O2/c1-10(2)15-13(17)14-9-3-4-11-5-7-12(16)8-6-11/h5-8,10,16H,3-4,9H2,1-2H3,(H2,14,15,17). The number of nitrogens with one attached hydrogen (secondary N) is 2. The van der Waals surface area contributed by atoms with Gasteiger partial charge in [-0.05, 0) is 44.4 Å². The zero-order valence-electron chi connectivity index (χ0n) is 10.4. The lowest BCUT2D eigenvalue weighted by Crippen LogP contribution is -2.39. The number of phenolic OH excluding ortho intramolecular Hbond substituents is 1. The highest BCUT2D eigenvalue weighted by atomic mass is 16.3. The molecular weight excluding hydrogens is 216 g/mol. The molecule has 1 aromatic rings. The molecule has 0 aliphatic heterocycles. The molecule has 0 radical (unpaired) electrons. The molecule has 0 spiro atoms. The van der Waals surface area contributed by atoms with Gasteiger partial charge >= 0.3 is 6.03 Å². The summed E-state index contributed by atoms with van der Waals surface area (Å²) < 4.78 is 0. The van der Waals surface area contributed by atoms with E-state index in [9.17, 15) is 4.79 Å². The summed E-state index contributed by atoms with van der Waals surface area (Å²) in [5.41, 5.74) is 1.16. The molecule has 0 aromatic heterocycles. The number of rotatable bonds is 5. The summed E-state index contributed by atoms with van der Waals surface area (Å²) in [7, 11) is 0. The van der Waals surface area contributed by atoms with Crippen molar-refractivity contribution in [1.29, 1.82) is 0 Å². The van der Waals surface area contributed by atoms with Gasteiger partial charge in [-0.25, -0.2) is 4.79 Å². The number of carbonyl (C=O) groups excluding carboxylic acids is 1. The first-order valence-corrected chi connectivity index (χ1v) is 5.90. The summed E-state index contributed by atoms with van der Waals surface area (Å²) in [6, 6.07) is 7.17. The summed E-state index contributed by atoms with van der Waals surface area (Å²) in [6.45, 7) is 4.51. The van der Waals surface area contributed by atoms with Crippen LogP contribution in [0.15, 0.2) is 24.3 Å². The topological polar surface area (TPSA) is 61.4 Å². The number of phenols is 1. The number of urea groups is 1. The van der Waals surface area contributed by atoms with Gasteiger partial charge in [0.25, 0.3) is 0 Å². The van der Waals surface area contributed by atoms with Gasteiger partial charge in [-0.3, -0.25) is 0 Å². The lowest BCUT2D eigenvalue weighted by atomic mass is 10.1. The molecule has 0 atom stereocenters. The number of aromatic hydroxyl groups is 1. The fourth-order valence-corrected chi connectivity index (χ4v) is 1.47. The Labute approximate surface area is 102 Å². The molecule has 2 amide bonds. The Hall–Kier alpha value is -1.71. The quantitative estimate of drug-likeness (QED) is 0.685. The molecule has 1 aromatic carbocycles. The SMILES string of the molecule is CC(C)NC(=O)NCCCc1ccc(O)cc1. The second kappa shape index (κ2) is 6.78. The maximum absolute atomic E-state index is 11.3. The summed E-state index contributed by atoms with van der Waals surface area (Å²) >= 11 is 0. The van der Waals surface area contributed by atoms with E-state index in [-0.39, 0.29) is 17.8 Å². The Kier molecular flexibility index (Phi) is 5.33. The first kappa shape index (κ1) is 13.4. The first-order valence-electron chi connectivity index (χ1n) is 5.90. The van der Waals surface area contributed by atoms with Gasteiger partial charge in [-0.2, -0.15) is 0 Å². The molecular formula is C13H20N2O2. The van der Waals surface area contributed by atoms with Crippen molar-refractivity contribution in [3.8, 4) is 5.75 Å². The molecule has 0 bridgehead atoms. The van der Waals surface area contributed by atoms with Crippen LogP contribution in [0.25, 0.3) is 0 Å². The number of aryl methyl sites for hydroxylation is 1. The van der Waals surface area contributed by atoms with Gasteiger partial charge in [0, 0.05) is 12.6 Å². The van der Waals surface area contributed by atoms with Crippen LogP contribution in [-0.2, 0) is 6.42 Å². The molecule has 0 heterocycles. The molecule has 0 saturated heterocycles. The van der Waals surface area contributed by atoms with Crippen molar-refractivity contribution < 1.29 is 9.90 Å². The monoisotopic (exact) mass is 236 g/mol. The molecule has 0 saturated carbocycles. The van der Waals surface area contributed by atoms with Crippen LogP contribution < -0.4 is 10.6 Å². The Bertz CT molecular complexity index is 347. The summed E-state index contributed by atoms with van der Waals surface area (Å²) in [6.07, 6.45) is 1.78. The third kappa shape index (κ3) is 5.80. The average Bonchev–Trinajstić information content (AvgIpc) is 2.26. The van der Waals surface area contributed by atoms with Crippen molar-refractivity contribution in [3.05, 3.63) is 29.8 Å². The van der Waals surface area contributed by atoms with Crippen molar-refractivity contribution in [1.82, 2.24) is 10.6 Å². The molecule has 3 N–H and O–H groups in total. The van der Waals surface area contributed by atoms with E-state index >= 15 is 0 Å². The Balaban J connectivity index is 2.16. The fraction of sp³-hybridized carbons (Fsp3) is 0.462. The molecule has 17 heavy (non-hydrogen) atoms. The predicted octanol–water partition coefficient (Wildman–Crippen LogP) is 2.03. The van der Waals surface area contributed by atoms with E-state index < -0.39 is 0 Å². The van der Waals surface area contributed by atoms with Gasteiger partial charge in [0.1, 0.15) is 5.75 Å². The van der Waals surface area contributed by atoms with Gasteiger partial charge in [0.2, 0.25) is 0 Å². The third-order valence-electron chi connectivity index (χ3n) is 2.28. The smallest absolute Gasteiger partial charge is 0.314 e. The lowest BCUT2D eigenvalue weighted by Gasteiger charge is -2.09. The molecule has 0 aliphatic rings. The van der Waals surface area contributed by atoms with E-state index in [0.717, 1.165) is 18.4 Å². The fourth-order valence-electron chi connectivity index (χ4n) is 1.47. The van der Waals surface area contributed by atoms with Crippen molar-refractivity contribution in [2.45, 2.75) is 32.7 Å². The van der Waals surface area contributed by atoms with Gasteiger partial charge in [-0.15, -0.1) is 0 Å². The van der Waals surface area contributed by atoms with E-state index in [1.54, 1.807) is 12.1 Å². The normalized spacial score (nSPS) is 10.3. The minimum Gasteiger partial charge on any atom is -0.508 e. The minimum absolute atomic E-state index is 0.120. The Morgan fingerprint density at radius 3 is 2.53 bits per heavy atom. The van der Waals surface area contributed by atoms with Crippen LogP contribution in [0.3, 0.4) is 0 Å². The van der Waals surface area contributed by atoms with Crippen LogP contribution in [0, 0.1) is 0 Å². The van der Waals surface area contributed by atoms with Gasteiger partial charge in [-0.1, -0.05) is 12.1 Å². The molecule has 0 unspecified atom stereocenters. The maximum Gasteiger partial charge on any atom is 0.314 e. The number of amides is 2. The number of hydrogen-bond donors (Lipinski definition) is 3. The van der Waals surface area contributed by atoms with E-state index in [4.69, 9.17) is 5.11 Å². The van der Waals surface area contributed by atoms with Crippen molar-refractivity contribution in [2.75, 3.05) is 6.54 Å². The third-order valence-corrected chi connectivity index (χ3v) is 2.28. The van der Waals surface area contributed by atoms with Crippen LogP contribution in [0.1, 0.15) is 25.8 Å². The average molecular weight is 236 g/mol. The van der Waals surface area contributed by atoms with Gasteiger partial charge in [0.05, 0.1) is 0 Å². The summed E-state index contributed by atoms with van der Waals surface area (Å²) in [5, 5.41) is 14.7. The second-order valence-corrected chi connectivity index (χ2v) is 4.32. The first-order chi connectivity index (χ1) is 8.08. The zero-order valence-corrected chi connectivity index (χ0v) is 10.4. The van der Waals surface area contributed by atoms with Crippen LogP contribution in [-0.4, -0.2) is 23.7 Å². The highest BCUT2D eigenvalue weighted by Crippen LogP contribution is 2.10. The maximum atomic E-state index is 11.3. The Morgan fingerprint density at radius 1 is 1.29 bits per heavy atom. The molecule has 4 heteroatoms. The molecule has 1 rings (SSSR count). The van der Waals surface area contributed by atoms with Crippen LogP contribution in [0.4, 0.5) is 4.79 Å². The molecule has 4 nitrogen and oxygen atoms in total. The number of hydrogen-bond acceptors (Lipinski definition) is 2. The second-order valence-electron chi connectivity index (χ2n) is 4.32. The van der Waals surface area contributed by atoms with Crippen LogP contribution in [0.2, 0.25) is 0 Å². The van der Waals surface area contributed by atoms with Crippen molar-refractivity contribution in [3.63, 3.8) is 0 Å². The molecule has 94 valence electrons. The highest BCUT2D eigenvalue weighted by molar-refractivity contribution is 5.73. The summed E-state index contributed by atoms with van der Waals surface area (Å²) in [5.74, 6) is 0.281. The van der Waals surface area contributed by atoms with E-state index in [1.807, 2.05) is 26.0 Å². The van der Waals surface area contributed by atoms with Crippen LogP contribution >= 0.6 is 0 Å². The number of benzene rings is 1. The van der Waals surface area contributed by atoms with Crippen molar-refractivity contribution >= 4 is 6.03 Å². The molecule has 0 fully saturated rings. The highest BCUT2D eigenvalue weighted by Gasteiger charge is 2.01. The lowest BCUT2D eigenvalue weighted by molar-refractivity contribution is 0.238. The number of carbonyl (C=O) groups is 1. The van der Waals surface area contributed by atoms with Gasteiger partial charge < -0.3 is 15.7 Å². The van der Waals surface area contributed by atoms with Crippen LogP contribution in [0.5, 0.6) is 5.75 Å². The van der Waals surface area contributed by atoms with E-state index in [1.165, 1.54) is 0 Å². The zero-order chi connectivity index (χ0) is 12.7. The minimum atomic E-state index is -0.120. The molecule has 0 aliphatic carbocycles. The largest absolute Gasteiger partial charge is 0.508 e. The predicted molar refractivity (Wildman–Crippen MR) is 68.1 cm³/mol. The van der Waals surface area contributed by atoms with E-state index in [0.29, 0.717) is 6.54 Å². The van der Waals surface area contributed by atoms with Crippen molar-refractivity contribution in [2.24, 2.45) is 0 Å². The van der Waals surface area contributed by atoms with Gasteiger partial charge in [0.15, 0.2) is 0 Å². The Morgan fingerprint density at radius 2 is 1.94 bits per heavy atom. The van der Waals surface area contributed by atoms with E-state index in [2.05, 4.69) is 10.6 Å².